The van der Waals surface area contributed by atoms with Gasteiger partial charge in [-0.1, -0.05) is 180 Å². The second kappa shape index (κ2) is 46.7. The minimum atomic E-state index is -1.55. The molecule has 0 aliphatic carbocycles. The highest BCUT2D eigenvalue weighted by Crippen LogP contribution is 2.22. The number of aliphatic hydroxyl groups is 4. The van der Waals surface area contributed by atoms with Crippen LogP contribution in [0.25, 0.3) is 0 Å². The molecule has 1 aliphatic heterocycles. The van der Waals surface area contributed by atoms with Crippen LogP contribution < -0.4 is 0 Å². The van der Waals surface area contributed by atoms with Gasteiger partial charge in [0.15, 0.2) is 6.29 Å². The Labute approximate surface area is 401 Å². The summed E-state index contributed by atoms with van der Waals surface area (Å²) >= 11 is 0. The first kappa shape index (κ1) is 60.6. The van der Waals surface area contributed by atoms with Crippen molar-refractivity contribution < 1.29 is 44.2 Å². The van der Waals surface area contributed by atoms with Crippen LogP contribution >= 0.6 is 0 Å². The summed E-state index contributed by atoms with van der Waals surface area (Å²) in [5.41, 5.74) is 0. The van der Waals surface area contributed by atoms with Crippen molar-refractivity contribution in [3.8, 4) is 0 Å². The van der Waals surface area contributed by atoms with Gasteiger partial charge in [-0.2, -0.15) is 0 Å². The van der Waals surface area contributed by atoms with Gasteiger partial charge in [-0.3, -0.25) is 4.79 Å². The summed E-state index contributed by atoms with van der Waals surface area (Å²) in [5.74, 6) is -0.341. The van der Waals surface area contributed by atoms with E-state index in [1.54, 1.807) is 0 Å². The molecule has 66 heavy (non-hydrogen) atoms. The highest BCUT2D eigenvalue weighted by atomic mass is 16.7. The molecule has 1 fully saturated rings. The van der Waals surface area contributed by atoms with Gasteiger partial charge in [-0.25, -0.2) is 0 Å². The number of aliphatic hydroxyl groups excluding tert-OH is 4. The first-order chi connectivity index (χ1) is 32.4. The summed E-state index contributed by atoms with van der Waals surface area (Å²) in [7, 11) is 0. The third-order valence-electron chi connectivity index (χ3n) is 10.9. The van der Waals surface area contributed by atoms with Gasteiger partial charge in [0.05, 0.1) is 19.8 Å². The molecule has 0 aromatic carbocycles. The number of allylic oxidation sites excluding steroid dienone is 20. The van der Waals surface area contributed by atoms with Crippen LogP contribution in [0.3, 0.4) is 0 Å². The smallest absolute Gasteiger partial charge is 0.306 e. The van der Waals surface area contributed by atoms with Crippen molar-refractivity contribution in [2.45, 2.75) is 205 Å². The zero-order valence-electron chi connectivity index (χ0n) is 41.1. The zero-order chi connectivity index (χ0) is 47.8. The normalized spacial score (nSPS) is 20.4. The number of esters is 1. The maximum absolute atomic E-state index is 12.8. The van der Waals surface area contributed by atoms with Crippen molar-refractivity contribution in [1.82, 2.24) is 0 Å². The van der Waals surface area contributed by atoms with E-state index in [1.807, 2.05) is 0 Å². The lowest BCUT2D eigenvalue weighted by molar-refractivity contribution is -0.305. The van der Waals surface area contributed by atoms with Crippen LogP contribution in [0, 0.1) is 0 Å². The first-order valence-corrected chi connectivity index (χ1v) is 25.6. The SMILES string of the molecule is CC/C=C\C/C=C\C/C=C\C/C=C\C/C=C\C/C=C\CCCCCCCOCC(COC1OC(CO)C(O)C(O)C1O)OC(=O)CCCCCCCC/C=C\C/C=C\C/C=C\C/C=C\CC. The quantitative estimate of drug-likeness (QED) is 0.0268. The van der Waals surface area contributed by atoms with Crippen molar-refractivity contribution >= 4 is 5.97 Å². The Morgan fingerprint density at radius 2 is 0.879 bits per heavy atom. The Kier molecular flexibility index (Phi) is 42.9. The molecule has 0 aromatic rings. The molecule has 0 aromatic heterocycles. The lowest BCUT2D eigenvalue weighted by atomic mass is 9.99. The maximum Gasteiger partial charge on any atom is 0.306 e. The van der Waals surface area contributed by atoms with Crippen LogP contribution in [0.5, 0.6) is 0 Å². The molecule has 0 amide bonds. The van der Waals surface area contributed by atoms with E-state index in [2.05, 4.69) is 135 Å². The largest absolute Gasteiger partial charge is 0.457 e. The average Bonchev–Trinajstić information content (AvgIpc) is 3.32. The third-order valence-corrected chi connectivity index (χ3v) is 10.9. The van der Waals surface area contributed by atoms with Crippen LogP contribution in [0.15, 0.2) is 122 Å². The molecule has 9 nitrogen and oxygen atoms in total. The Hall–Kier alpha value is -3.41. The van der Waals surface area contributed by atoms with Crippen molar-refractivity contribution in [1.29, 1.82) is 0 Å². The Morgan fingerprint density at radius 3 is 1.32 bits per heavy atom. The lowest BCUT2D eigenvalue weighted by Crippen LogP contribution is -2.59. The fraction of sp³-hybridized carbons (Fsp3) is 0.632. The van der Waals surface area contributed by atoms with Crippen molar-refractivity contribution in [3.63, 3.8) is 0 Å². The molecular formula is C57H92O9. The van der Waals surface area contributed by atoms with Crippen molar-refractivity contribution in [2.24, 2.45) is 0 Å². The van der Waals surface area contributed by atoms with Gasteiger partial charge in [-0.05, 0) is 103 Å². The number of ether oxygens (including phenoxy) is 4. The molecule has 1 heterocycles. The van der Waals surface area contributed by atoms with E-state index < -0.39 is 43.4 Å². The van der Waals surface area contributed by atoms with Gasteiger partial charge in [0, 0.05) is 13.0 Å². The van der Waals surface area contributed by atoms with E-state index in [9.17, 15) is 25.2 Å². The topological polar surface area (TPSA) is 135 Å². The zero-order valence-corrected chi connectivity index (χ0v) is 41.1. The average molecular weight is 921 g/mol. The standard InChI is InChI=1S/C57H92O9/c1-3-5-7-9-11-13-15-17-19-21-23-24-25-26-27-29-31-33-35-37-39-41-43-45-47-63-49-51(50-64-57-56(62)55(61)54(60)52(48-58)66-57)65-53(59)46-44-42-40-38-36-34-32-30-28-22-20-18-16-14-12-10-8-6-4-2/h5-8,11-14,17-20,23-24,26-28,30-31,33,51-52,54-58,60-62H,3-4,9-10,15-16,21-22,25,29,32,34-50H2,1-2H3/b7-5-,8-6-,13-11-,14-12-,19-17-,20-18-,24-23-,27-26-,30-28-,33-31-. The fourth-order valence-corrected chi connectivity index (χ4v) is 6.96. The van der Waals surface area contributed by atoms with Gasteiger partial charge in [-0.15, -0.1) is 0 Å². The van der Waals surface area contributed by atoms with Crippen LogP contribution in [-0.4, -0.2) is 89.6 Å². The van der Waals surface area contributed by atoms with Gasteiger partial charge >= 0.3 is 5.97 Å². The van der Waals surface area contributed by atoms with E-state index in [4.69, 9.17) is 18.9 Å². The number of unbranched alkanes of at least 4 members (excludes halogenated alkanes) is 11. The highest BCUT2D eigenvalue weighted by Gasteiger charge is 2.44. The van der Waals surface area contributed by atoms with Crippen molar-refractivity contribution in [2.75, 3.05) is 26.4 Å². The molecule has 9 heteroatoms. The predicted molar refractivity (Wildman–Crippen MR) is 274 cm³/mol. The van der Waals surface area contributed by atoms with E-state index >= 15 is 0 Å². The van der Waals surface area contributed by atoms with Gasteiger partial charge in [0.2, 0.25) is 0 Å². The van der Waals surface area contributed by atoms with Crippen LogP contribution in [-0.2, 0) is 23.7 Å². The number of carbonyl (C=O) groups is 1. The minimum absolute atomic E-state index is 0.116. The molecule has 0 bridgehead atoms. The van der Waals surface area contributed by atoms with E-state index in [1.165, 1.54) is 6.42 Å². The monoisotopic (exact) mass is 921 g/mol. The summed E-state index contributed by atoms with van der Waals surface area (Å²) in [4.78, 5) is 12.8. The molecule has 0 spiro atoms. The molecule has 4 N–H and O–H groups in total. The van der Waals surface area contributed by atoms with Crippen LogP contribution in [0.2, 0.25) is 0 Å². The minimum Gasteiger partial charge on any atom is -0.457 e. The van der Waals surface area contributed by atoms with E-state index in [-0.39, 0.29) is 25.6 Å². The van der Waals surface area contributed by atoms with Crippen LogP contribution in [0.4, 0.5) is 0 Å². The second-order valence-corrected chi connectivity index (χ2v) is 16.8. The molecule has 374 valence electrons. The van der Waals surface area contributed by atoms with Gasteiger partial charge in [0.25, 0.3) is 0 Å². The first-order valence-electron chi connectivity index (χ1n) is 25.6. The highest BCUT2D eigenvalue weighted by molar-refractivity contribution is 5.69. The van der Waals surface area contributed by atoms with Crippen molar-refractivity contribution in [3.05, 3.63) is 122 Å². The molecule has 6 atom stereocenters. The fourth-order valence-electron chi connectivity index (χ4n) is 6.96. The predicted octanol–water partition coefficient (Wildman–Crippen LogP) is 12.7. The Balaban J connectivity index is 2.26. The molecule has 1 aliphatic rings. The Bertz CT molecular complexity index is 1420. The molecule has 0 saturated carbocycles. The number of carbonyl (C=O) groups excluding carboxylic acids is 1. The summed E-state index contributed by atoms with van der Waals surface area (Å²) in [5, 5.41) is 40.3. The van der Waals surface area contributed by atoms with Crippen LogP contribution in [0.1, 0.15) is 168 Å². The summed E-state index contributed by atoms with van der Waals surface area (Å²) in [6.07, 6.45) is 60.8. The molecular weight excluding hydrogens is 829 g/mol. The number of rotatable bonds is 42. The number of hydrogen-bond acceptors (Lipinski definition) is 9. The molecule has 1 rings (SSSR count). The summed E-state index contributed by atoms with van der Waals surface area (Å²) in [6.45, 7) is 4.24. The summed E-state index contributed by atoms with van der Waals surface area (Å²) in [6, 6.07) is 0. The molecule has 0 radical (unpaired) electrons. The maximum atomic E-state index is 12.8. The second-order valence-electron chi connectivity index (χ2n) is 16.8. The lowest BCUT2D eigenvalue weighted by Gasteiger charge is -2.39. The summed E-state index contributed by atoms with van der Waals surface area (Å²) < 4.78 is 22.9. The Morgan fingerprint density at radius 1 is 0.485 bits per heavy atom. The molecule has 1 saturated heterocycles. The van der Waals surface area contributed by atoms with Gasteiger partial charge < -0.3 is 39.4 Å². The molecule has 6 unspecified atom stereocenters. The number of hydrogen-bond donors (Lipinski definition) is 4. The third kappa shape index (κ3) is 36.7. The van der Waals surface area contributed by atoms with E-state index in [0.29, 0.717) is 6.61 Å². The van der Waals surface area contributed by atoms with Gasteiger partial charge in [0.1, 0.15) is 30.5 Å². The van der Waals surface area contributed by atoms with E-state index in [0.717, 1.165) is 141 Å².